The number of esters is 3. The molecule has 15 heteroatoms. The van der Waals surface area contributed by atoms with Gasteiger partial charge in [-0.1, -0.05) is 277 Å². The molecule has 6 N–H and O–H groups in total. The summed E-state index contributed by atoms with van der Waals surface area (Å²) in [6, 6.07) is 121. The van der Waals surface area contributed by atoms with Gasteiger partial charge in [0.1, 0.15) is 102 Å². The Bertz CT molecular complexity index is 4700. The molecule has 9 nitrogen and oxygen atoms in total. The van der Waals surface area contributed by atoms with Gasteiger partial charge in [0, 0.05) is 36.0 Å². The summed E-state index contributed by atoms with van der Waals surface area (Å²) in [5.74, 6) is 1.03. The van der Waals surface area contributed by atoms with Gasteiger partial charge in [0.05, 0.1) is 18.5 Å². The summed E-state index contributed by atoms with van der Waals surface area (Å²) in [6.07, 6.45) is 28.6. The fraction of sp³-hybridized carbons (Fsp3) is 0.257. The molecule has 12 aromatic rings. The van der Waals surface area contributed by atoms with Crippen molar-refractivity contribution >= 4 is 139 Å². The number of benzene rings is 12. The van der Waals surface area contributed by atoms with Crippen LogP contribution in [0.4, 0.5) is 0 Å². The second kappa shape index (κ2) is 50.9. The third-order valence-electron chi connectivity index (χ3n) is 22.0. The molecule has 0 radical (unpaired) electrons. The predicted molar refractivity (Wildman–Crippen MR) is 525 cm³/mol. The van der Waals surface area contributed by atoms with E-state index in [2.05, 4.69) is 273 Å². The molecule has 618 valence electrons. The number of unbranched alkanes of at least 4 members (excludes halogenated alkanes) is 18. The maximum atomic E-state index is 12.3. The molecule has 0 atom stereocenters. The SMILES string of the molecule is NC(=S)c1ccc(OC(=O)CCCCCCCCCCC[P+](c2ccccc2)(c2ccccc2)c2ccccc2)cc1.NC(=S)c1ccc(OC(=O)CCCCCCCCC[P+](c2ccccc2)(c2ccccc2)c2ccccc2)cc1.NC(=S)c1ccc(OC(=O)CCCCCCC[P+](c2ccccc2)(c2ccccc2)c2ccccc2)cc1. The molecule has 12 aromatic carbocycles. The van der Waals surface area contributed by atoms with Gasteiger partial charge in [0.2, 0.25) is 0 Å². The van der Waals surface area contributed by atoms with Crippen molar-refractivity contribution in [2.24, 2.45) is 17.2 Å². The van der Waals surface area contributed by atoms with E-state index in [0.29, 0.717) is 51.5 Å². The first kappa shape index (κ1) is 92.3. The van der Waals surface area contributed by atoms with E-state index in [1.165, 1.54) is 131 Å². The van der Waals surface area contributed by atoms with Crippen LogP contribution in [0.3, 0.4) is 0 Å². The number of rotatable bonds is 45. The largest absolute Gasteiger partial charge is 0.427 e. The average Bonchev–Trinajstić information content (AvgIpc) is 0.769. The Labute approximate surface area is 731 Å². The van der Waals surface area contributed by atoms with Crippen LogP contribution in [0.15, 0.2) is 346 Å². The molecule has 0 aliphatic rings. The average molecular weight is 1710 g/mol. The van der Waals surface area contributed by atoms with Gasteiger partial charge in [-0.3, -0.25) is 14.4 Å². The summed E-state index contributed by atoms with van der Waals surface area (Å²) >= 11 is 14.9. The third kappa shape index (κ3) is 28.3. The van der Waals surface area contributed by atoms with Crippen LogP contribution in [0.2, 0.25) is 0 Å². The van der Waals surface area contributed by atoms with Crippen LogP contribution in [0, 0.1) is 0 Å². The van der Waals surface area contributed by atoms with E-state index in [1.807, 2.05) is 0 Å². The Hall–Kier alpha value is -9.99. The molecule has 0 heterocycles. The minimum atomic E-state index is -1.76. The van der Waals surface area contributed by atoms with Crippen LogP contribution in [0.25, 0.3) is 0 Å². The Morgan fingerprint density at radius 1 is 0.200 bits per heavy atom. The summed E-state index contributed by atoms with van der Waals surface area (Å²) < 4.78 is 16.3. The van der Waals surface area contributed by atoms with E-state index in [1.54, 1.807) is 72.8 Å². The Balaban J connectivity index is 0.000000189. The van der Waals surface area contributed by atoms with Crippen LogP contribution in [-0.4, -0.2) is 51.4 Å². The summed E-state index contributed by atoms with van der Waals surface area (Å²) in [5.41, 5.74) is 19.1. The van der Waals surface area contributed by atoms with Crippen molar-refractivity contribution in [1.82, 2.24) is 0 Å². The maximum absolute atomic E-state index is 12.3. The molecule has 0 bridgehead atoms. The van der Waals surface area contributed by atoms with Gasteiger partial charge in [-0.05, 0) is 240 Å². The Kier molecular flexibility index (Phi) is 39.2. The lowest BCUT2D eigenvalue weighted by Crippen LogP contribution is -2.33. The molecule has 0 saturated carbocycles. The van der Waals surface area contributed by atoms with Crippen LogP contribution in [0.5, 0.6) is 17.2 Å². The lowest BCUT2D eigenvalue weighted by molar-refractivity contribution is -0.135. The molecule has 0 amide bonds. The molecule has 120 heavy (non-hydrogen) atoms. The molecular formula is C105H117N3O6P3S3+3. The predicted octanol–water partition coefficient (Wildman–Crippen LogP) is 22.0. The molecule has 0 aliphatic heterocycles. The molecule has 12 rings (SSSR count). The molecule has 0 fully saturated rings. The second-order valence-electron chi connectivity index (χ2n) is 30.4. The van der Waals surface area contributed by atoms with E-state index < -0.39 is 21.8 Å². The van der Waals surface area contributed by atoms with Crippen molar-refractivity contribution in [3.05, 3.63) is 362 Å². The number of hydrogen-bond donors (Lipinski definition) is 3. The van der Waals surface area contributed by atoms with Gasteiger partial charge in [0.15, 0.2) is 0 Å². The number of carbonyl (C=O) groups excluding carboxylic acids is 3. The van der Waals surface area contributed by atoms with E-state index in [-0.39, 0.29) is 17.9 Å². The first-order chi connectivity index (χ1) is 58.8. The number of hydrogen-bond acceptors (Lipinski definition) is 9. The zero-order valence-electron chi connectivity index (χ0n) is 69.2. The lowest BCUT2D eigenvalue weighted by atomic mass is 10.1. The van der Waals surface area contributed by atoms with Crippen molar-refractivity contribution in [2.45, 2.75) is 154 Å². The summed E-state index contributed by atoms with van der Waals surface area (Å²) in [5, 5.41) is 13.1. The Morgan fingerprint density at radius 2 is 0.342 bits per heavy atom. The highest BCUT2D eigenvalue weighted by atomic mass is 32.1. The molecule has 0 saturated heterocycles. The van der Waals surface area contributed by atoms with E-state index >= 15 is 0 Å². The van der Waals surface area contributed by atoms with Gasteiger partial charge in [-0.25, -0.2) is 0 Å². The van der Waals surface area contributed by atoms with Gasteiger partial charge < -0.3 is 31.4 Å². The first-order valence-electron chi connectivity index (χ1n) is 42.7. The van der Waals surface area contributed by atoms with Crippen LogP contribution in [0.1, 0.15) is 171 Å². The topological polar surface area (TPSA) is 157 Å². The monoisotopic (exact) mass is 1700 g/mol. The molecular weight excluding hydrogens is 1590 g/mol. The number of nitrogens with two attached hydrogens (primary N) is 3. The maximum Gasteiger partial charge on any atom is 0.311 e. The van der Waals surface area contributed by atoms with E-state index in [0.717, 1.165) is 87.1 Å². The normalized spacial score (nSPS) is 11.2. The fourth-order valence-electron chi connectivity index (χ4n) is 15.8. The van der Waals surface area contributed by atoms with Gasteiger partial charge in [-0.2, -0.15) is 0 Å². The van der Waals surface area contributed by atoms with E-state index in [4.69, 9.17) is 68.1 Å². The highest BCUT2D eigenvalue weighted by Crippen LogP contribution is 2.58. The second-order valence-corrected chi connectivity index (χ2v) is 42.5. The third-order valence-corrected chi connectivity index (χ3v) is 36.3. The summed E-state index contributed by atoms with van der Waals surface area (Å²) in [6.45, 7) is 0. The van der Waals surface area contributed by atoms with Crippen LogP contribution < -0.4 is 79.2 Å². The van der Waals surface area contributed by atoms with Crippen molar-refractivity contribution in [3.8, 4) is 17.2 Å². The van der Waals surface area contributed by atoms with Crippen LogP contribution in [-0.2, 0) is 14.4 Å². The summed E-state index contributed by atoms with van der Waals surface area (Å²) in [4.78, 5) is 37.6. The van der Waals surface area contributed by atoms with Crippen molar-refractivity contribution < 1.29 is 28.6 Å². The first-order valence-corrected chi connectivity index (χ1v) is 49.9. The number of carbonyl (C=O) groups is 3. The number of ether oxygens (including phenoxy) is 3. The Morgan fingerprint density at radius 3 is 0.492 bits per heavy atom. The van der Waals surface area contributed by atoms with Crippen LogP contribution >= 0.6 is 58.4 Å². The highest BCUT2D eigenvalue weighted by Gasteiger charge is 2.47. The van der Waals surface area contributed by atoms with Crippen molar-refractivity contribution in [2.75, 3.05) is 18.5 Å². The quantitative estimate of drug-likeness (QED) is 0.0109. The minimum Gasteiger partial charge on any atom is -0.427 e. The molecule has 0 aliphatic carbocycles. The van der Waals surface area contributed by atoms with E-state index in [9.17, 15) is 14.4 Å². The standard InChI is InChI=1S/C37H42NO2PS.C35H38NO2PS.C33H34NO2PS/c38-37(42)31-26-28-32(29-27-31)40-36(39)25-17-6-4-2-1-3-5-7-18-30-41(33-19-11-8-12-20-33,34-21-13-9-14-22-34)35-23-15-10-16-24-35;36-35(40)29-24-26-30(27-25-29)38-34(37)23-15-4-2-1-3-5-16-28-39(31-17-9-6-10-18-31,32-19-11-7-12-20-32)33-21-13-8-14-22-33;34-33(38)27-22-24-28(25-23-27)36-32(35)21-13-2-1-3-14-26-37(29-15-7-4-8-16-29,30-17-9-5-10-18-30)31-19-11-6-12-20-31/h8-16,19-24,26-29H,1-7,17-18,25,30H2,(H-,38,42);6-14,17-22,24-27H,1-5,15-16,23,28H2,(H-,36,40);4-12,15-20,22-25H,1-3,13-14,21,26H2,(H-,34,38)/p+3. The zero-order chi connectivity index (χ0) is 84.1. The summed E-state index contributed by atoms with van der Waals surface area (Å²) in [7, 11) is -5.21. The fourth-order valence-corrected chi connectivity index (χ4v) is 29.4. The molecule has 0 unspecified atom stereocenters. The van der Waals surface area contributed by atoms with Gasteiger partial charge in [0.25, 0.3) is 0 Å². The number of thiocarbonyl (C=S) groups is 3. The van der Waals surface area contributed by atoms with Crippen molar-refractivity contribution in [3.63, 3.8) is 0 Å². The lowest BCUT2D eigenvalue weighted by Gasteiger charge is -2.27. The van der Waals surface area contributed by atoms with Crippen molar-refractivity contribution in [1.29, 1.82) is 0 Å². The smallest absolute Gasteiger partial charge is 0.311 e. The molecule has 0 aromatic heterocycles. The van der Waals surface area contributed by atoms with Gasteiger partial charge in [-0.15, -0.1) is 0 Å². The van der Waals surface area contributed by atoms with Gasteiger partial charge >= 0.3 is 17.9 Å². The minimum absolute atomic E-state index is 0.182. The highest BCUT2D eigenvalue weighted by molar-refractivity contribution is 7.96. The molecule has 0 spiro atoms. The zero-order valence-corrected chi connectivity index (χ0v) is 74.4.